The van der Waals surface area contributed by atoms with Crippen LogP contribution in [-0.4, -0.2) is 49.4 Å². The van der Waals surface area contributed by atoms with Crippen molar-refractivity contribution >= 4 is 17.9 Å². The molecular weight excluding hydrogens is 280 g/mol. The first-order valence-electron chi connectivity index (χ1n) is 6.78. The first-order valence-corrected chi connectivity index (χ1v) is 6.78. The maximum atomic E-state index is 12.0. The Hall–Kier alpha value is -1.63. The van der Waals surface area contributed by atoms with Gasteiger partial charge in [-0.2, -0.15) is 0 Å². The normalized spacial score (nSPS) is 11.7. The van der Waals surface area contributed by atoms with E-state index < -0.39 is 42.0 Å². The third-order valence-corrected chi connectivity index (χ3v) is 2.66. The summed E-state index contributed by atoms with van der Waals surface area (Å²) in [6.07, 6.45) is 0. The fourth-order valence-electron chi connectivity index (χ4n) is 1.32. The van der Waals surface area contributed by atoms with Crippen LogP contribution in [0.5, 0.6) is 0 Å². The Morgan fingerprint density at radius 2 is 1.29 bits per heavy atom. The summed E-state index contributed by atoms with van der Waals surface area (Å²) in [5.41, 5.74) is -2.85. The minimum Gasteiger partial charge on any atom is -0.465 e. The molecule has 0 rings (SSSR count). The fourth-order valence-corrected chi connectivity index (χ4v) is 1.32. The summed E-state index contributed by atoms with van der Waals surface area (Å²) in [6.45, 7) is 6.55. The van der Waals surface area contributed by atoms with Crippen LogP contribution in [0.25, 0.3) is 0 Å². The molecule has 21 heavy (non-hydrogen) atoms. The highest BCUT2D eigenvalue weighted by Gasteiger charge is 2.50. The van der Waals surface area contributed by atoms with Crippen molar-refractivity contribution in [1.82, 2.24) is 0 Å². The van der Waals surface area contributed by atoms with Gasteiger partial charge >= 0.3 is 17.9 Å². The lowest BCUT2D eigenvalue weighted by Crippen LogP contribution is -2.49. The van der Waals surface area contributed by atoms with Gasteiger partial charge in [-0.15, -0.1) is 0 Å². The number of carbonyl (C=O) groups is 3. The van der Waals surface area contributed by atoms with Gasteiger partial charge in [-0.05, 0) is 34.6 Å². The topological polar surface area (TPSA) is 99.1 Å². The van der Waals surface area contributed by atoms with Crippen molar-refractivity contribution in [1.29, 1.82) is 0 Å². The predicted octanol–water partition coefficient (Wildman–Crippen LogP) is 0.681. The molecule has 0 aliphatic heterocycles. The van der Waals surface area contributed by atoms with Gasteiger partial charge in [0.2, 0.25) is 5.41 Å². The predicted molar refractivity (Wildman–Crippen MR) is 73.2 cm³/mol. The molecule has 0 aliphatic rings. The lowest BCUT2D eigenvalue weighted by Gasteiger charge is -2.28. The molecule has 0 aliphatic carbocycles. The number of hydrogen-bond acceptors (Lipinski definition) is 7. The molecule has 7 heteroatoms. The highest BCUT2D eigenvalue weighted by molar-refractivity contribution is 6.00. The fraction of sp³-hybridized carbons (Fsp3) is 0.786. The second-order valence-electron chi connectivity index (χ2n) is 5.51. The highest BCUT2D eigenvalue weighted by atomic mass is 16.6. The van der Waals surface area contributed by atoms with E-state index in [0.29, 0.717) is 0 Å². The summed E-state index contributed by atoms with van der Waals surface area (Å²) in [7, 11) is 0. The maximum Gasteiger partial charge on any atom is 0.329 e. The molecule has 0 bridgehead atoms. The van der Waals surface area contributed by atoms with Crippen molar-refractivity contribution in [3.63, 3.8) is 0 Å². The van der Waals surface area contributed by atoms with Crippen molar-refractivity contribution in [3.05, 3.63) is 0 Å². The van der Waals surface area contributed by atoms with Gasteiger partial charge in [0.25, 0.3) is 0 Å². The van der Waals surface area contributed by atoms with Gasteiger partial charge in [-0.3, -0.25) is 14.4 Å². The summed E-state index contributed by atoms with van der Waals surface area (Å²) >= 11 is 0. The number of esters is 3. The Morgan fingerprint density at radius 3 is 1.57 bits per heavy atom. The molecular formula is C14H24O7. The van der Waals surface area contributed by atoms with Gasteiger partial charge in [0.1, 0.15) is 6.61 Å². The van der Waals surface area contributed by atoms with E-state index in [9.17, 15) is 19.5 Å². The molecule has 0 aromatic rings. The smallest absolute Gasteiger partial charge is 0.329 e. The van der Waals surface area contributed by atoms with Crippen molar-refractivity contribution in [2.45, 2.75) is 34.6 Å². The van der Waals surface area contributed by atoms with Crippen molar-refractivity contribution in [2.75, 3.05) is 26.4 Å². The lowest BCUT2D eigenvalue weighted by atomic mass is 9.89. The van der Waals surface area contributed by atoms with Crippen LogP contribution in [0.3, 0.4) is 0 Å². The molecule has 0 heterocycles. The van der Waals surface area contributed by atoms with Gasteiger partial charge in [-0.25, -0.2) is 0 Å². The average molecular weight is 304 g/mol. The summed E-state index contributed by atoms with van der Waals surface area (Å²) < 4.78 is 14.6. The highest BCUT2D eigenvalue weighted by Crippen LogP contribution is 2.24. The second kappa shape index (κ2) is 7.97. The Kier molecular flexibility index (Phi) is 7.35. The van der Waals surface area contributed by atoms with Crippen LogP contribution in [0.15, 0.2) is 0 Å². The largest absolute Gasteiger partial charge is 0.465 e. The number of aliphatic hydroxyl groups excluding tert-OH is 1. The van der Waals surface area contributed by atoms with Crippen molar-refractivity contribution in [2.24, 2.45) is 10.8 Å². The van der Waals surface area contributed by atoms with Crippen LogP contribution in [0, 0.1) is 10.8 Å². The summed E-state index contributed by atoms with van der Waals surface area (Å²) in [6, 6.07) is 0. The molecule has 0 saturated heterocycles. The summed E-state index contributed by atoms with van der Waals surface area (Å²) in [5, 5.41) is 9.49. The molecule has 0 unspecified atom stereocenters. The van der Waals surface area contributed by atoms with Gasteiger partial charge in [-0.1, -0.05) is 0 Å². The van der Waals surface area contributed by atoms with Crippen LogP contribution in [0.1, 0.15) is 34.6 Å². The van der Waals surface area contributed by atoms with Gasteiger partial charge in [0.15, 0.2) is 0 Å². The third-order valence-electron chi connectivity index (χ3n) is 2.66. The monoisotopic (exact) mass is 304 g/mol. The standard InChI is InChI=1S/C14H24O7/c1-6-19-11(17)14(8-15,12(18)20-7-2)9-21-10(16)13(3,4)5/h15H,6-9H2,1-5H3. The summed E-state index contributed by atoms with van der Waals surface area (Å²) in [4.78, 5) is 35.8. The van der Waals surface area contributed by atoms with Crippen molar-refractivity contribution in [3.8, 4) is 0 Å². The van der Waals surface area contributed by atoms with E-state index in [1.54, 1.807) is 34.6 Å². The molecule has 0 aromatic heterocycles. The zero-order valence-electron chi connectivity index (χ0n) is 13.2. The van der Waals surface area contributed by atoms with E-state index in [2.05, 4.69) is 0 Å². The Balaban J connectivity index is 5.25. The maximum absolute atomic E-state index is 12.0. The van der Waals surface area contributed by atoms with Crippen LogP contribution < -0.4 is 0 Å². The molecule has 0 radical (unpaired) electrons. The summed E-state index contributed by atoms with van der Waals surface area (Å²) in [5.74, 6) is -2.56. The van der Waals surface area contributed by atoms with E-state index >= 15 is 0 Å². The zero-order chi connectivity index (χ0) is 16.7. The molecule has 0 atom stereocenters. The molecule has 122 valence electrons. The number of aliphatic hydroxyl groups is 1. The minimum absolute atomic E-state index is 0.0210. The van der Waals surface area contributed by atoms with E-state index in [0.717, 1.165) is 0 Å². The minimum atomic E-state index is -2.05. The lowest BCUT2D eigenvalue weighted by molar-refractivity contribution is -0.183. The van der Waals surface area contributed by atoms with E-state index in [1.165, 1.54) is 0 Å². The number of ether oxygens (including phenoxy) is 3. The second-order valence-corrected chi connectivity index (χ2v) is 5.51. The number of hydrogen-bond donors (Lipinski definition) is 1. The van der Waals surface area contributed by atoms with E-state index in [1.807, 2.05) is 0 Å². The molecule has 0 fully saturated rings. The third kappa shape index (κ3) is 5.00. The van der Waals surface area contributed by atoms with Gasteiger partial charge in [0.05, 0.1) is 25.2 Å². The first kappa shape index (κ1) is 19.4. The SMILES string of the molecule is CCOC(=O)C(CO)(COC(=O)C(C)(C)C)C(=O)OCC. The quantitative estimate of drug-likeness (QED) is 0.419. The molecule has 0 saturated carbocycles. The molecule has 0 amide bonds. The Morgan fingerprint density at radius 1 is 0.857 bits per heavy atom. The Labute approximate surface area is 124 Å². The van der Waals surface area contributed by atoms with E-state index in [-0.39, 0.29) is 13.2 Å². The number of carbonyl (C=O) groups excluding carboxylic acids is 3. The zero-order valence-corrected chi connectivity index (χ0v) is 13.2. The van der Waals surface area contributed by atoms with Gasteiger partial charge < -0.3 is 19.3 Å². The molecule has 0 aromatic carbocycles. The average Bonchev–Trinajstić information content (AvgIpc) is 2.39. The molecule has 7 nitrogen and oxygen atoms in total. The number of rotatable bonds is 7. The van der Waals surface area contributed by atoms with E-state index in [4.69, 9.17) is 14.2 Å². The van der Waals surface area contributed by atoms with Crippen molar-refractivity contribution < 1.29 is 33.7 Å². The van der Waals surface area contributed by atoms with Crippen LogP contribution in [-0.2, 0) is 28.6 Å². The molecule has 1 N–H and O–H groups in total. The Bertz CT molecular complexity index is 363. The van der Waals surface area contributed by atoms with Crippen LogP contribution in [0.2, 0.25) is 0 Å². The molecule has 0 spiro atoms. The first-order chi connectivity index (χ1) is 9.65. The van der Waals surface area contributed by atoms with Crippen LogP contribution in [0.4, 0.5) is 0 Å². The van der Waals surface area contributed by atoms with Crippen LogP contribution >= 0.6 is 0 Å². The van der Waals surface area contributed by atoms with Gasteiger partial charge in [0, 0.05) is 0 Å².